The average Bonchev–Trinajstić information content (AvgIpc) is 2.83. The molecule has 3 rings (SSSR count). The van der Waals surface area contributed by atoms with Crippen molar-refractivity contribution in [3.8, 4) is 5.75 Å². The predicted octanol–water partition coefficient (Wildman–Crippen LogP) is 3.37. The van der Waals surface area contributed by atoms with Crippen molar-refractivity contribution in [1.82, 2.24) is 0 Å². The molecule has 80 valence electrons. The van der Waals surface area contributed by atoms with Crippen LogP contribution < -0.4 is 0 Å². The van der Waals surface area contributed by atoms with Crippen LogP contribution in [0.1, 0.15) is 31.2 Å². The number of fused-ring (bicyclic) bond motifs is 2. The maximum atomic E-state index is 9.74. The number of rotatable bonds is 2. The summed E-state index contributed by atoms with van der Waals surface area (Å²) in [6, 6.07) is 7.81. The zero-order chi connectivity index (χ0) is 10.3. The van der Waals surface area contributed by atoms with E-state index in [2.05, 4.69) is 6.07 Å². The minimum atomic E-state index is 0.486. The zero-order valence-electron chi connectivity index (χ0n) is 9.02. The normalized spacial score (nSPS) is 33.5. The Kier molecular flexibility index (Phi) is 2.19. The Labute approximate surface area is 91.1 Å². The summed E-state index contributed by atoms with van der Waals surface area (Å²) in [5.41, 5.74) is 1.15. The fourth-order valence-electron chi connectivity index (χ4n) is 3.59. The minimum absolute atomic E-state index is 0.486. The van der Waals surface area contributed by atoms with Crippen molar-refractivity contribution in [3.63, 3.8) is 0 Å². The first-order valence-corrected chi connectivity index (χ1v) is 6.10. The van der Waals surface area contributed by atoms with Crippen LogP contribution in [-0.4, -0.2) is 5.11 Å². The molecule has 2 saturated carbocycles. The summed E-state index contributed by atoms with van der Waals surface area (Å²) in [6.45, 7) is 0. The Hall–Kier alpha value is -0.980. The van der Waals surface area contributed by atoms with E-state index < -0.39 is 0 Å². The molecule has 2 aliphatic rings. The summed E-state index contributed by atoms with van der Waals surface area (Å²) in [5.74, 6) is 3.29. The Bertz CT molecular complexity index is 358. The third-order valence-corrected chi connectivity index (χ3v) is 4.36. The SMILES string of the molecule is Oc1ccccc1CC1CC2CCC1C2. The molecule has 1 nitrogen and oxygen atoms in total. The summed E-state index contributed by atoms with van der Waals surface area (Å²) in [6.07, 6.45) is 6.84. The molecule has 3 unspecified atom stereocenters. The highest BCUT2D eigenvalue weighted by Crippen LogP contribution is 2.49. The van der Waals surface area contributed by atoms with E-state index in [1.807, 2.05) is 18.2 Å². The Morgan fingerprint density at radius 3 is 2.67 bits per heavy atom. The molecule has 1 N–H and O–H groups in total. The smallest absolute Gasteiger partial charge is 0.118 e. The first-order valence-electron chi connectivity index (χ1n) is 6.10. The van der Waals surface area contributed by atoms with Gasteiger partial charge in [-0.15, -0.1) is 0 Å². The molecule has 0 spiro atoms. The highest BCUT2D eigenvalue weighted by molar-refractivity contribution is 5.32. The Balaban J connectivity index is 1.73. The standard InChI is InChI=1S/C14H18O/c15-14-4-2-1-3-12(14)9-13-8-10-5-6-11(13)7-10/h1-4,10-11,13,15H,5-9H2. The van der Waals surface area contributed by atoms with Gasteiger partial charge in [-0.3, -0.25) is 0 Å². The number of hydrogen-bond donors (Lipinski definition) is 1. The van der Waals surface area contributed by atoms with Crippen molar-refractivity contribution in [2.45, 2.75) is 32.1 Å². The fourth-order valence-corrected chi connectivity index (χ4v) is 3.59. The number of phenols is 1. The highest BCUT2D eigenvalue weighted by Gasteiger charge is 2.39. The van der Waals surface area contributed by atoms with Crippen LogP contribution in [-0.2, 0) is 6.42 Å². The van der Waals surface area contributed by atoms with E-state index in [4.69, 9.17) is 0 Å². The van der Waals surface area contributed by atoms with Crippen molar-refractivity contribution in [1.29, 1.82) is 0 Å². The second-order valence-corrected chi connectivity index (χ2v) is 5.27. The molecule has 0 heterocycles. The van der Waals surface area contributed by atoms with Gasteiger partial charge in [-0.2, -0.15) is 0 Å². The Morgan fingerprint density at radius 1 is 1.13 bits per heavy atom. The van der Waals surface area contributed by atoms with Gasteiger partial charge in [0.1, 0.15) is 5.75 Å². The quantitative estimate of drug-likeness (QED) is 0.779. The first kappa shape index (κ1) is 9.26. The molecule has 2 aliphatic carbocycles. The van der Waals surface area contributed by atoms with Gasteiger partial charge in [-0.05, 0) is 55.1 Å². The summed E-state index contributed by atoms with van der Waals surface area (Å²) in [4.78, 5) is 0. The van der Waals surface area contributed by atoms with Gasteiger partial charge in [-0.25, -0.2) is 0 Å². The van der Waals surface area contributed by atoms with Gasteiger partial charge in [-0.1, -0.05) is 24.6 Å². The van der Waals surface area contributed by atoms with Crippen LogP contribution >= 0.6 is 0 Å². The third kappa shape index (κ3) is 1.64. The monoisotopic (exact) mass is 202 g/mol. The van der Waals surface area contributed by atoms with Gasteiger partial charge < -0.3 is 5.11 Å². The molecule has 0 saturated heterocycles. The van der Waals surface area contributed by atoms with E-state index in [9.17, 15) is 5.11 Å². The summed E-state index contributed by atoms with van der Waals surface area (Å²) in [7, 11) is 0. The summed E-state index contributed by atoms with van der Waals surface area (Å²) >= 11 is 0. The molecule has 0 aliphatic heterocycles. The van der Waals surface area contributed by atoms with E-state index in [0.29, 0.717) is 5.75 Å². The molecule has 0 aromatic heterocycles. The van der Waals surface area contributed by atoms with E-state index in [1.54, 1.807) is 0 Å². The average molecular weight is 202 g/mol. The molecule has 1 aromatic rings. The molecule has 0 amide bonds. The van der Waals surface area contributed by atoms with Gasteiger partial charge >= 0.3 is 0 Å². The van der Waals surface area contributed by atoms with E-state index >= 15 is 0 Å². The number of para-hydroxylation sites is 1. The van der Waals surface area contributed by atoms with E-state index in [0.717, 1.165) is 29.7 Å². The molecule has 2 bridgehead atoms. The number of phenolic OH excluding ortho intramolecular Hbond substituents is 1. The lowest BCUT2D eigenvalue weighted by atomic mass is 9.84. The molecular formula is C14H18O. The molecule has 3 atom stereocenters. The zero-order valence-corrected chi connectivity index (χ0v) is 9.02. The highest BCUT2D eigenvalue weighted by atomic mass is 16.3. The topological polar surface area (TPSA) is 20.2 Å². The van der Waals surface area contributed by atoms with Gasteiger partial charge in [0.2, 0.25) is 0 Å². The molecule has 15 heavy (non-hydrogen) atoms. The van der Waals surface area contributed by atoms with Gasteiger partial charge in [0.05, 0.1) is 0 Å². The largest absolute Gasteiger partial charge is 0.508 e. The van der Waals surface area contributed by atoms with Crippen molar-refractivity contribution in [2.75, 3.05) is 0 Å². The van der Waals surface area contributed by atoms with E-state index in [1.165, 1.54) is 25.7 Å². The molecule has 0 radical (unpaired) electrons. The first-order chi connectivity index (χ1) is 7.33. The second-order valence-electron chi connectivity index (χ2n) is 5.27. The van der Waals surface area contributed by atoms with E-state index in [-0.39, 0.29) is 0 Å². The molecule has 2 fully saturated rings. The molecule has 1 heteroatoms. The Morgan fingerprint density at radius 2 is 2.00 bits per heavy atom. The molecular weight excluding hydrogens is 184 g/mol. The van der Waals surface area contributed by atoms with Crippen molar-refractivity contribution < 1.29 is 5.11 Å². The lowest BCUT2D eigenvalue weighted by Gasteiger charge is -2.21. The number of aromatic hydroxyl groups is 1. The van der Waals surface area contributed by atoms with Crippen LogP contribution in [0.2, 0.25) is 0 Å². The number of hydrogen-bond acceptors (Lipinski definition) is 1. The minimum Gasteiger partial charge on any atom is -0.508 e. The van der Waals surface area contributed by atoms with Crippen LogP contribution in [0.4, 0.5) is 0 Å². The van der Waals surface area contributed by atoms with Gasteiger partial charge in [0.25, 0.3) is 0 Å². The fraction of sp³-hybridized carbons (Fsp3) is 0.571. The van der Waals surface area contributed by atoms with Gasteiger partial charge in [0.15, 0.2) is 0 Å². The predicted molar refractivity (Wildman–Crippen MR) is 60.7 cm³/mol. The van der Waals surface area contributed by atoms with Crippen LogP contribution in [0, 0.1) is 17.8 Å². The molecule has 1 aromatic carbocycles. The lowest BCUT2D eigenvalue weighted by molar-refractivity contribution is 0.327. The van der Waals surface area contributed by atoms with Gasteiger partial charge in [0, 0.05) is 0 Å². The van der Waals surface area contributed by atoms with Crippen molar-refractivity contribution in [2.24, 2.45) is 17.8 Å². The number of benzene rings is 1. The maximum Gasteiger partial charge on any atom is 0.118 e. The van der Waals surface area contributed by atoms with Crippen LogP contribution in [0.25, 0.3) is 0 Å². The van der Waals surface area contributed by atoms with Crippen molar-refractivity contribution >= 4 is 0 Å². The van der Waals surface area contributed by atoms with Crippen LogP contribution in [0.5, 0.6) is 5.75 Å². The van der Waals surface area contributed by atoms with Crippen molar-refractivity contribution in [3.05, 3.63) is 29.8 Å². The van der Waals surface area contributed by atoms with Crippen LogP contribution in [0.15, 0.2) is 24.3 Å². The maximum absolute atomic E-state index is 9.74. The lowest BCUT2D eigenvalue weighted by Crippen LogP contribution is -2.13. The third-order valence-electron chi connectivity index (χ3n) is 4.36. The van der Waals surface area contributed by atoms with Crippen LogP contribution in [0.3, 0.4) is 0 Å². The second kappa shape index (κ2) is 3.55. The summed E-state index contributed by atoms with van der Waals surface area (Å²) < 4.78 is 0. The summed E-state index contributed by atoms with van der Waals surface area (Å²) in [5, 5.41) is 9.74.